The lowest BCUT2D eigenvalue weighted by molar-refractivity contribution is -0.128. The highest BCUT2D eigenvalue weighted by Gasteiger charge is 2.24. The van der Waals surface area contributed by atoms with Gasteiger partial charge in [0, 0.05) is 50.8 Å². The molecule has 0 unspecified atom stereocenters. The van der Waals surface area contributed by atoms with Crippen LogP contribution in [-0.4, -0.2) is 53.5 Å². The van der Waals surface area contributed by atoms with Crippen molar-refractivity contribution in [3.63, 3.8) is 0 Å². The van der Waals surface area contributed by atoms with E-state index >= 15 is 0 Å². The number of hydrogen-bond donors (Lipinski definition) is 0. The predicted octanol–water partition coefficient (Wildman–Crippen LogP) is 10.4. The third-order valence-electron chi connectivity index (χ3n) is 9.76. The summed E-state index contributed by atoms with van der Waals surface area (Å²) in [5.41, 5.74) is 9.42. The lowest BCUT2D eigenvalue weighted by Crippen LogP contribution is -2.48. The fourth-order valence-corrected chi connectivity index (χ4v) is 6.56. The fraction of sp³-hybridized carbons (Fsp3) is 0.289. The van der Waals surface area contributed by atoms with Gasteiger partial charge in [-0.05, 0) is 98.3 Å². The van der Waals surface area contributed by atoms with Crippen molar-refractivity contribution in [3.8, 4) is 23.1 Å². The van der Waals surface area contributed by atoms with Crippen LogP contribution in [0.3, 0.4) is 0 Å². The Kier molecular flexibility index (Phi) is 14.3. The summed E-state index contributed by atoms with van der Waals surface area (Å²) in [5.74, 6) is 2.57. The van der Waals surface area contributed by atoms with Gasteiger partial charge in [-0.2, -0.15) is 0 Å². The van der Waals surface area contributed by atoms with Crippen LogP contribution in [-0.2, 0) is 24.4 Å². The molecule has 0 saturated carbocycles. The Morgan fingerprint density at radius 1 is 0.741 bits per heavy atom. The van der Waals surface area contributed by atoms with Crippen molar-refractivity contribution in [1.82, 2.24) is 14.8 Å². The number of aromatic nitrogens is 1. The van der Waals surface area contributed by atoms with Gasteiger partial charge in [0.25, 0.3) is 0 Å². The van der Waals surface area contributed by atoms with Crippen LogP contribution in [0.5, 0.6) is 23.1 Å². The highest BCUT2D eigenvalue weighted by Crippen LogP contribution is 2.36. The van der Waals surface area contributed by atoms with E-state index in [4.69, 9.17) is 25.8 Å². The van der Waals surface area contributed by atoms with Gasteiger partial charge in [0.2, 0.25) is 11.8 Å². The highest BCUT2D eigenvalue weighted by molar-refractivity contribution is 8.93. The molecule has 7 nitrogen and oxygen atoms in total. The van der Waals surface area contributed by atoms with E-state index in [1.54, 1.807) is 12.3 Å². The summed E-state index contributed by atoms with van der Waals surface area (Å²) in [6, 6.07) is 32.7. The van der Waals surface area contributed by atoms with Gasteiger partial charge in [-0.1, -0.05) is 83.4 Å². The van der Waals surface area contributed by atoms with Gasteiger partial charge in [-0.25, -0.2) is 4.98 Å². The number of benzene rings is 4. The summed E-state index contributed by atoms with van der Waals surface area (Å²) in [5, 5.41) is 0.457. The molecule has 54 heavy (non-hydrogen) atoms. The van der Waals surface area contributed by atoms with Crippen LogP contribution in [0.25, 0.3) is 5.57 Å². The number of halogens is 2. The minimum Gasteiger partial charge on any atom is -0.493 e. The molecule has 6 rings (SSSR count). The lowest BCUT2D eigenvalue weighted by Gasteiger charge is -2.35. The van der Waals surface area contributed by atoms with Crippen LogP contribution in [0.4, 0.5) is 0 Å². The van der Waals surface area contributed by atoms with Crippen LogP contribution in [0.1, 0.15) is 52.8 Å². The first kappa shape index (κ1) is 40.6. The van der Waals surface area contributed by atoms with E-state index in [0.29, 0.717) is 54.3 Å². The fourth-order valence-electron chi connectivity index (χ4n) is 6.26. The van der Waals surface area contributed by atoms with E-state index in [9.17, 15) is 4.79 Å². The zero-order valence-corrected chi connectivity index (χ0v) is 34.2. The smallest absolute Gasteiger partial charge is 0.249 e. The molecule has 0 atom stereocenters. The molecule has 0 radical (unpaired) electrons. The largest absolute Gasteiger partial charge is 0.493 e. The van der Waals surface area contributed by atoms with Crippen LogP contribution in [0.15, 0.2) is 109 Å². The third kappa shape index (κ3) is 11.0. The SMILES string of the molecule is Br.C/C(C(=O)N1CCN(Cc2ccc(CCOc3ccc(C)cc3)cc2)CC1)=C(/C)c1cc(C)c(Oc2ccc(OCc3ccc(C)cc3)cn2)c(Cl)c1. The second-order valence-corrected chi connectivity index (χ2v) is 14.3. The summed E-state index contributed by atoms with van der Waals surface area (Å²) in [7, 11) is 0. The molecular weight excluding hydrogens is 762 g/mol. The minimum absolute atomic E-state index is 0. The van der Waals surface area contributed by atoms with E-state index < -0.39 is 0 Å². The molecule has 1 aliphatic rings. The number of piperazine rings is 1. The van der Waals surface area contributed by atoms with E-state index in [1.807, 2.05) is 56.0 Å². The van der Waals surface area contributed by atoms with Crippen molar-refractivity contribution >= 4 is 40.1 Å². The Morgan fingerprint density at radius 3 is 1.98 bits per heavy atom. The summed E-state index contributed by atoms with van der Waals surface area (Å²) in [6.07, 6.45) is 2.51. The number of amides is 1. The van der Waals surface area contributed by atoms with Gasteiger partial charge in [0.15, 0.2) is 5.75 Å². The predicted molar refractivity (Wildman–Crippen MR) is 223 cm³/mol. The van der Waals surface area contributed by atoms with Crippen LogP contribution < -0.4 is 14.2 Å². The molecule has 1 saturated heterocycles. The highest BCUT2D eigenvalue weighted by atomic mass is 79.9. The maximum atomic E-state index is 13.6. The topological polar surface area (TPSA) is 64.1 Å². The maximum Gasteiger partial charge on any atom is 0.249 e. The Labute approximate surface area is 335 Å². The van der Waals surface area contributed by atoms with Gasteiger partial charge in [-0.15, -0.1) is 17.0 Å². The van der Waals surface area contributed by atoms with Gasteiger partial charge in [-0.3, -0.25) is 9.69 Å². The molecular formula is C45H49BrClN3O4. The van der Waals surface area contributed by atoms with E-state index in [0.717, 1.165) is 54.1 Å². The van der Waals surface area contributed by atoms with Crippen molar-refractivity contribution in [3.05, 3.63) is 153 Å². The second kappa shape index (κ2) is 19.1. The molecule has 1 aliphatic heterocycles. The monoisotopic (exact) mass is 809 g/mol. The Hall–Kier alpha value is -4.63. The molecule has 282 valence electrons. The quantitative estimate of drug-likeness (QED) is 0.110. The van der Waals surface area contributed by atoms with E-state index in [2.05, 4.69) is 84.4 Å². The van der Waals surface area contributed by atoms with Gasteiger partial charge in [0.1, 0.15) is 18.1 Å². The number of aryl methyl sites for hydroxylation is 3. The van der Waals surface area contributed by atoms with Crippen molar-refractivity contribution in [2.75, 3.05) is 32.8 Å². The normalized spacial score (nSPS) is 13.5. The van der Waals surface area contributed by atoms with Gasteiger partial charge < -0.3 is 19.1 Å². The molecule has 0 bridgehead atoms. The summed E-state index contributed by atoms with van der Waals surface area (Å²) < 4.78 is 17.9. The molecule has 0 N–H and O–H groups in total. The Morgan fingerprint density at radius 2 is 1.35 bits per heavy atom. The maximum absolute atomic E-state index is 13.6. The summed E-state index contributed by atoms with van der Waals surface area (Å²) in [6.45, 7) is 15.0. The van der Waals surface area contributed by atoms with Crippen LogP contribution in [0.2, 0.25) is 5.02 Å². The van der Waals surface area contributed by atoms with Gasteiger partial charge >= 0.3 is 0 Å². The van der Waals surface area contributed by atoms with E-state index in [-0.39, 0.29) is 22.9 Å². The zero-order valence-electron chi connectivity index (χ0n) is 31.7. The number of allylic oxidation sites excluding steroid dienone is 1. The number of carbonyl (C=O) groups is 1. The second-order valence-electron chi connectivity index (χ2n) is 13.9. The molecule has 5 aromatic rings. The van der Waals surface area contributed by atoms with Crippen molar-refractivity contribution < 1.29 is 19.0 Å². The first-order chi connectivity index (χ1) is 25.6. The Bertz CT molecular complexity index is 2000. The molecule has 0 aliphatic carbocycles. The van der Waals surface area contributed by atoms with Crippen molar-refractivity contribution in [1.29, 1.82) is 0 Å². The first-order valence-corrected chi connectivity index (χ1v) is 18.6. The first-order valence-electron chi connectivity index (χ1n) is 18.2. The summed E-state index contributed by atoms with van der Waals surface area (Å²) >= 11 is 6.76. The average Bonchev–Trinajstić information content (AvgIpc) is 3.17. The number of ether oxygens (including phenoxy) is 3. The number of hydrogen-bond acceptors (Lipinski definition) is 6. The minimum atomic E-state index is 0. The third-order valence-corrected chi connectivity index (χ3v) is 10.0. The van der Waals surface area contributed by atoms with E-state index in [1.165, 1.54) is 22.3 Å². The molecule has 4 aromatic carbocycles. The number of rotatable bonds is 13. The van der Waals surface area contributed by atoms with Crippen molar-refractivity contribution in [2.45, 2.75) is 54.2 Å². The number of pyridine rings is 1. The number of nitrogens with zero attached hydrogens (tertiary/aromatic N) is 3. The molecule has 9 heteroatoms. The standard InChI is InChI=1S/C45H48ClN3O4.BrH/c1-31-6-10-38(11-7-31)30-52-41-18-19-43(47-28-41)53-44-33(3)26-39(27-42(44)46)34(4)35(5)45(50)49-23-21-48(22-24-49)29-37-14-12-36(13-15-37)20-25-51-40-16-8-32(2)9-17-40;/h6-19,26-28H,20-25,29-30H2,1-5H3;1H/b35-34+;. The molecule has 1 aromatic heterocycles. The Balaban J connectivity index is 0.00000561. The molecule has 2 heterocycles. The lowest BCUT2D eigenvalue weighted by atomic mass is 9.99. The van der Waals surface area contributed by atoms with Crippen molar-refractivity contribution in [2.24, 2.45) is 0 Å². The molecule has 1 amide bonds. The van der Waals surface area contributed by atoms with Crippen LogP contribution >= 0.6 is 28.6 Å². The number of carbonyl (C=O) groups excluding carboxylic acids is 1. The van der Waals surface area contributed by atoms with Gasteiger partial charge in [0.05, 0.1) is 17.8 Å². The average molecular weight is 811 g/mol. The molecule has 1 fully saturated rings. The van der Waals surface area contributed by atoms with Crippen LogP contribution in [0, 0.1) is 20.8 Å². The summed E-state index contributed by atoms with van der Waals surface area (Å²) in [4.78, 5) is 22.4. The zero-order chi connectivity index (χ0) is 37.3. The molecule has 0 spiro atoms.